The molecular weight excluding hydrogens is 236 g/mol. The number of nitrogens with two attached hydrogens (primary N) is 1. The summed E-state index contributed by atoms with van der Waals surface area (Å²) in [5, 5.41) is 4.05. The minimum atomic E-state index is -0.427. The highest BCUT2D eigenvalue weighted by molar-refractivity contribution is 6.33. The molecule has 3 N–H and O–H groups in total. The molecule has 0 saturated heterocycles. The third kappa shape index (κ3) is 2.72. The van der Waals surface area contributed by atoms with Crippen molar-refractivity contribution in [2.24, 2.45) is 11.7 Å². The third-order valence-corrected chi connectivity index (χ3v) is 3.78. The number of anilines is 1. The van der Waals surface area contributed by atoms with Gasteiger partial charge in [0.1, 0.15) is 0 Å². The fourth-order valence-electron chi connectivity index (χ4n) is 2.35. The van der Waals surface area contributed by atoms with Crippen LogP contribution in [0.4, 0.5) is 5.69 Å². The van der Waals surface area contributed by atoms with Crippen LogP contribution in [-0.2, 0) is 0 Å². The first-order valence-corrected chi connectivity index (χ1v) is 6.31. The van der Waals surface area contributed by atoms with Gasteiger partial charge >= 0.3 is 0 Å². The van der Waals surface area contributed by atoms with Crippen LogP contribution in [0.15, 0.2) is 18.2 Å². The second-order valence-electron chi connectivity index (χ2n) is 4.72. The van der Waals surface area contributed by atoms with Crippen LogP contribution in [0.3, 0.4) is 0 Å². The summed E-state index contributed by atoms with van der Waals surface area (Å²) in [5.41, 5.74) is 6.55. The molecule has 1 aliphatic carbocycles. The van der Waals surface area contributed by atoms with E-state index in [-0.39, 0.29) is 0 Å². The predicted molar refractivity (Wildman–Crippen MR) is 70.4 cm³/mol. The summed E-state index contributed by atoms with van der Waals surface area (Å²) in [5.74, 6) is 0.215. The van der Waals surface area contributed by atoms with Crippen LogP contribution in [0.25, 0.3) is 0 Å². The van der Waals surface area contributed by atoms with E-state index in [1.807, 2.05) is 0 Å². The maximum absolute atomic E-state index is 11.1. The Morgan fingerprint density at radius 1 is 1.47 bits per heavy atom. The number of rotatable bonds is 3. The lowest BCUT2D eigenvalue weighted by Gasteiger charge is -2.19. The van der Waals surface area contributed by atoms with Gasteiger partial charge < -0.3 is 11.1 Å². The molecule has 17 heavy (non-hydrogen) atoms. The monoisotopic (exact) mass is 252 g/mol. The number of benzene rings is 1. The standard InChI is InChI=1S/C13H17ClN2O/c1-8-3-2-4-11(8)16-12-7-9(13(15)17)5-6-10(12)14/h5-8,11,16H,2-4H2,1H3,(H2,15,17). The van der Waals surface area contributed by atoms with Crippen molar-refractivity contribution in [2.75, 3.05) is 5.32 Å². The maximum Gasteiger partial charge on any atom is 0.248 e. The van der Waals surface area contributed by atoms with E-state index in [1.54, 1.807) is 18.2 Å². The quantitative estimate of drug-likeness (QED) is 0.869. The summed E-state index contributed by atoms with van der Waals surface area (Å²) in [6.07, 6.45) is 3.63. The maximum atomic E-state index is 11.1. The van der Waals surface area contributed by atoms with Gasteiger partial charge in [0, 0.05) is 11.6 Å². The molecule has 0 radical (unpaired) electrons. The van der Waals surface area contributed by atoms with Crippen molar-refractivity contribution in [3.05, 3.63) is 28.8 Å². The Kier molecular flexibility index (Phi) is 3.57. The highest BCUT2D eigenvalue weighted by Gasteiger charge is 2.23. The van der Waals surface area contributed by atoms with Gasteiger partial charge in [-0.25, -0.2) is 0 Å². The second kappa shape index (κ2) is 4.96. The van der Waals surface area contributed by atoms with Gasteiger partial charge in [0.2, 0.25) is 5.91 Å². The van der Waals surface area contributed by atoms with Crippen molar-refractivity contribution in [3.63, 3.8) is 0 Å². The number of halogens is 1. The summed E-state index contributed by atoms with van der Waals surface area (Å²) in [4.78, 5) is 11.1. The number of primary amides is 1. The van der Waals surface area contributed by atoms with E-state index in [4.69, 9.17) is 17.3 Å². The molecule has 1 fully saturated rings. The van der Waals surface area contributed by atoms with Crippen LogP contribution < -0.4 is 11.1 Å². The lowest BCUT2D eigenvalue weighted by Crippen LogP contribution is -2.22. The molecule has 2 unspecified atom stereocenters. The number of amides is 1. The normalized spacial score (nSPS) is 23.6. The molecule has 1 aromatic carbocycles. The molecule has 3 nitrogen and oxygen atoms in total. The zero-order valence-electron chi connectivity index (χ0n) is 9.87. The van der Waals surface area contributed by atoms with Crippen molar-refractivity contribution in [3.8, 4) is 0 Å². The van der Waals surface area contributed by atoms with E-state index in [0.29, 0.717) is 22.5 Å². The first-order chi connectivity index (χ1) is 8.08. The molecule has 1 aliphatic rings. The Labute approximate surface area is 106 Å². The van der Waals surface area contributed by atoms with Crippen molar-refractivity contribution in [1.29, 1.82) is 0 Å². The third-order valence-electron chi connectivity index (χ3n) is 3.45. The van der Waals surface area contributed by atoms with E-state index in [0.717, 1.165) is 12.1 Å². The molecule has 4 heteroatoms. The molecule has 2 rings (SSSR count). The summed E-state index contributed by atoms with van der Waals surface area (Å²) in [7, 11) is 0. The van der Waals surface area contributed by atoms with Crippen molar-refractivity contribution < 1.29 is 4.79 Å². The Morgan fingerprint density at radius 3 is 2.82 bits per heavy atom. The van der Waals surface area contributed by atoms with E-state index in [9.17, 15) is 4.79 Å². The number of carbonyl (C=O) groups is 1. The molecule has 0 spiro atoms. The molecule has 1 saturated carbocycles. The SMILES string of the molecule is CC1CCCC1Nc1cc(C(N)=O)ccc1Cl. The minimum Gasteiger partial charge on any atom is -0.381 e. The molecule has 0 heterocycles. The Hall–Kier alpha value is -1.22. The summed E-state index contributed by atoms with van der Waals surface area (Å²) < 4.78 is 0. The van der Waals surface area contributed by atoms with Gasteiger partial charge in [-0.3, -0.25) is 4.79 Å². The molecule has 2 atom stereocenters. The average Bonchev–Trinajstić information content (AvgIpc) is 2.67. The number of carbonyl (C=O) groups excluding carboxylic acids is 1. The first kappa shape index (κ1) is 12.2. The van der Waals surface area contributed by atoms with E-state index < -0.39 is 5.91 Å². The summed E-state index contributed by atoms with van der Waals surface area (Å²) in [6, 6.07) is 5.53. The van der Waals surface area contributed by atoms with E-state index in [1.165, 1.54) is 12.8 Å². The van der Waals surface area contributed by atoms with Crippen molar-refractivity contribution >= 4 is 23.2 Å². The highest BCUT2D eigenvalue weighted by Crippen LogP contribution is 2.31. The molecule has 92 valence electrons. The molecule has 1 amide bonds. The van der Waals surface area contributed by atoms with Crippen LogP contribution in [0.1, 0.15) is 36.5 Å². The summed E-state index contributed by atoms with van der Waals surface area (Å²) >= 11 is 6.11. The smallest absolute Gasteiger partial charge is 0.248 e. The Balaban J connectivity index is 2.19. The molecule has 1 aromatic rings. The van der Waals surface area contributed by atoms with Crippen LogP contribution in [-0.4, -0.2) is 11.9 Å². The zero-order chi connectivity index (χ0) is 12.4. The van der Waals surface area contributed by atoms with Crippen LogP contribution >= 0.6 is 11.6 Å². The lowest BCUT2D eigenvalue weighted by molar-refractivity contribution is 0.100. The van der Waals surface area contributed by atoms with Crippen molar-refractivity contribution in [1.82, 2.24) is 0 Å². The average molecular weight is 253 g/mol. The fraction of sp³-hybridized carbons (Fsp3) is 0.462. The number of hydrogen-bond acceptors (Lipinski definition) is 2. The van der Waals surface area contributed by atoms with Gasteiger partial charge in [-0.1, -0.05) is 24.9 Å². The number of nitrogens with one attached hydrogen (secondary N) is 1. The molecule has 0 aromatic heterocycles. The predicted octanol–water partition coefficient (Wildman–Crippen LogP) is 3.04. The summed E-state index contributed by atoms with van der Waals surface area (Å²) in [6.45, 7) is 2.23. The number of hydrogen-bond donors (Lipinski definition) is 2. The first-order valence-electron chi connectivity index (χ1n) is 5.94. The Bertz CT molecular complexity index is 433. The van der Waals surface area contributed by atoms with E-state index in [2.05, 4.69) is 12.2 Å². The fourth-order valence-corrected chi connectivity index (χ4v) is 2.52. The molecule has 0 bridgehead atoms. The Morgan fingerprint density at radius 2 is 2.24 bits per heavy atom. The topological polar surface area (TPSA) is 55.1 Å². The zero-order valence-corrected chi connectivity index (χ0v) is 10.6. The van der Waals surface area contributed by atoms with Crippen LogP contribution in [0, 0.1) is 5.92 Å². The van der Waals surface area contributed by atoms with E-state index >= 15 is 0 Å². The minimum absolute atomic E-state index is 0.427. The van der Waals surface area contributed by atoms with Gasteiger partial charge in [-0.15, -0.1) is 0 Å². The largest absolute Gasteiger partial charge is 0.381 e. The van der Waals surface area contributed by atoms with Gasteiger partial charge in [0.15, 0.2) is 0 Å². The van der Waals surface area contributed by atoms with Gasteiger partial charge in [-0.05, 0) is 37.0 Å². The van der Waals surface area contributed by atoms with Crippen LogP contribution in [0.2, 0.25) is 5.02 Å². The molecule has 0 aliphatic heterocycles. The van der Waals surface area contributed by atoms with Gasteiger partial charge in [0.05, 0.1) is 10.7 Å². The van der Waals surface area contributed by atoms with Crippen molar-refractivity contribution in [2.45, 2.75) is 32.2 Å². The second-order valence-corrected chi connectivity index (χ2v) is 5.13. The van der Waals surface area contributed by atoms with Crippen LogP contribution in [0.5, 0.6) is 0 Å². The van der Waals surface area contributed by atoms with Gasteiger partial charge in [-0.2, -0.15) is 0 Å². The highest BCUT2D eigenvalue weighted by atomic mass is 35.5. The lowest BCUT2D eigenvalue weighted by atomic mass is 10.1. The molecular formula is C13H17ClN2O. The van der Waals surface area contributed by atoms with Gasteiger partial charge in [0.25, 0.3) is 0 Å².